The molecule has 9 nitrogen and oxygen atoms in total. The number of allylic oxidation sites excluding steroid dienone is 1. The number of nitro benzene ring substituents is 1. The van der Waals surface area contributed by atoms with Gasteiger partial charge in [-0.15, -0.1) is 0 Å². The maximum absolute atomic E-state index is 12.7. The molecule has 1 aliphatic heterocycles. The number of ether oxygens (including phenoxy) is 1. The molecule has 0 radical (unpaired) electrons. The number of amides is 2. The smallest absolute Gasteiger partial charge is 0.338 e. The van der Waals surface area contributed by atoms with Crippen molar-refractivity contribution < 1.29 is 24.4 Å². The fraction of sp³-hybridized carbons (Fsp3) is 0.200. The summed E-state index contributed by atoms with van der Waals surface area (Å²) in [6.07, 6.45) is 0.522. The number of rotatable bonds is 6. The van der Waals surface area contributed by atoms with Gasteiger partial charge in [-0.1, -0.05) is 36.4 Å². The quantitative estimate of drug-likeness (QED) is 0.390. The number of urea groups is 1. The molecule has 0 aliphatic carbocycles. The van der Waals surface area contributed by atoms with Gasteiger partial charge in [0, 0.05) is 18.2 Å². The topological polar surface area (TPSA) is 131 Å². The highest BCUT2D eigenvalue weighted by Gasteiger charge is 2.33. The van der Waals surface area contributed by atoms with E-state index in [-0.39, 0.29) is 17.7 Å². The first-order chi connectivity index (χ1) is 13.9. The SMILES string of the molecule is CC1=C(C(=O)OCCc2ccccc2)C(c2ccc(O)c([N+](=O)[O-])c2)NC(=O)N1. The molecule has 29 heavy (non-hydrogen) atoms. The molecule has 2 amide bonds. The molecule has 1 unspecified atom stereocenters. The lowest BCUT2D eigenvalue weighted by Gasteiger charge is -2.28. The zero-order chi connectivity index (χ0) is 21.0. The zero-order valence-electron chi connectivity index (χ0n) is 15.5. The number of carbonyl (C=O) groups excluding carboxylic acids is 2. The fourth-order valence-electron chi connectivity index (χ4n) is 3.06. The lowest BCUT2D eigenvalue weighted by atomic mass is 9.95. The van der Waals surface area contributed by atoms with Gasteiger partial charge in [-0.05, 0) is 24.1 Å². The first-order valence-electron chi connectivity index (χ1n) is 8.83. The molecule has 2 aromatic rings. The van der Waals surface area contributed by atoms with Crippen LogP contribution in [-0.4, -0.2) is 28.6 Å². The van der Waals surface area contributed by atoms with Crippen LogP contribution in [0.15, 0.2) is 59.8 Å². The Labute approximate surface area is 166 Å². The summed E-state index contributed by atoms with van der Waals surface area (Å²) >= 11 is 0. The second-order valence-corrected chi connectivity index (χ2v) is 6.45. The van der Waals surface area contributed by atoms with Gasteiger partial charge < -0.3 is 20.5 Å². The number of phenols is 1. The van der Waals surface area contributed by atoms with E-state index in [0.717, 1.165) is 17.7 Å². The highest BCUT2D eigenvalue weighted by Crippen LogP contribution is 2.33. The third-order valence-corrected chi connectivity index (χ3v) is 4.49. The van der Waals surface area contributed by atoms with Crippen molar-refractivity contribution in [3.63, 3.8) is 0 Å². The van der Waals surface area contributed by atoms with Gasteiger partial charge in [0.15, 0.2) is 5.75 Å². The molecule has 1 atom stereocenters. The lowest BCUT2D eigenvalue weighted by molar-refractivity contribution is -0.385. The van der Waals surface area contributed by atoms with Crippen molar-refractivity contribution in [1.82, 2.24) is 10.6 Å². The van der Waals surface area contributed by atoms with Gasteiger partial charge in [0.05, 0.1) is 23.1 Å². The highest BCUT2D eigenvalue weighted by molar-refractivity contribution is 5.95. The minimum absolute atomic E-state index is 0.135. The number of esters is 1. The minimum atomic E-state index is -0.952. The van der Waals surface area contributed by atoms with E-state index < -0.39 is 34.4 Å². The molecule has 1 aliphatic rings. The summed E-state index contributed by atoms with van der Waals surface area (Å²) in [4.78, 5) is 35.0. The van der Waals surface area contributed by atoms with E-state index >= 15 is 0 Å². The Morgan fingerprint density at radius 1 is 1.24 bits per heavy atom. The molecule has 0 saturated heterocycles. The van der Waals surface area contributed by atoms with Crippen LogP contribution in [0.1, 0.15) is 24.1 Å². The van der Waals surface area contributed by atoms with Crippen molar-refractivity contribution in [1.29, 1.82) is 0 Å². The predicted octanol–water partition coefficient (Wildman–Crippen LogP) is 2.71. The van der Waals surface area contributed by atoms with Crippen LogP contribution < -0.4 is 10.6 Å². The summed E-state index contributed by atoms with van der Waals surface area (Å²) in [6.45, 7) is 1.68. The summed E-state index contributed by atoms with van der Waals surface area (Å²) in [5.41, 5.74) is 1.19. The van der Waals surface area contributed by atoms with Crippen LogP contribution in [-0.2, 0) is 16.0 Å². The summed E-state index contributed by atoms with van der Waals surface area (Å²) in [6, 6.07) is 11.7. The van der Waals surface area contributed by atoms with E-state index in [4.69, 9.17) is 4.74 Å². The molecule has 150 valence electrons. The second-order valence-electron chi connectivity index (χ2n) is 6.45. The van der Waals surface area contributed by atoms with Crippen LogP contribution in [0.2, 0.25) is 0 Å². The number of hydrogen-bond donors (Lipinski definition) is 3. The second kappa shape index (κ2) is 8.42. The first kappa shape index (κ1) is 19.9. The molecule has 3 N–H and O–H groups in total. The third-order valence-electron chi connectivity index (χ3n) is 4.49. The van der Waals surface area contributed by atoms with Gasteiger partial charge in [-0.2, -0.15) is 0 Å². The van der Waals surface area contributed by atoms with Crippen LogP contribution in [0, 0.1) is 10.1 Å². The molecule has 0 spiro atoms. The van der Waals surface area contributed by atoms with Crippen molar-refractivity contribution >= 4 is 17.7 Å². The van der Waals surface area contributed by atoms with E-state index in [1.54, 1.807) is 6.92 Å². The zero-order valence-corrected chi connectivity index (χ0v) is 15.5. The Morgan fingerprint density at radius 2 is 1.97 bits per heavy atom. The third kappa shape index (κ3) is 4.52. The number of nitrogens with zero attached hydrogens (tertiary/aromatic N) is 1. The number of benzene rings is 2. The van der Waals surface area contributed by atoms with Gasteiger partial charge in [0.2, 0.25) is 0 Å². The number of nitrogens with one attached hydrogen (secondary N) is 2. The predicted molar refractivity (Wildman–Crippen MR) is 103 cm³/mol. The van der Waals surface area contributed by atoms with Crippen LogP contribution in [0.3, 0.4) is 0 Å². The van der Waals surface area contributed by atoms with Crippen molar-refractivity contribution in [3.8, 4) is 5.75 Å². The molecular formula is C20H19N3O6. The van der Waals surface area contributed by atoms with Gasteiger partial charge in [0.25, 0.3) is 0 Å². The molecule has 0 bridgehead atoms. The number of carbonyl (C=O) groups is 2. The summed E-state index contributed by atoms with van der Waals surface area (Å²) in [5.74, 6) is -1.15. The van der Waals surface area contributed by atoms with Crippen molar-refractivity contribution in [3.05, 3.63) is 81.0 Å². The summed E-state index contributed by atoms with van der Waals surface area (Å²) in [7, 11) is 0. The average Bonchev–Trinajstić information content (AvgIpc) is 2.68. The number of nitro groups is 1. The van der Waals surface area contributed by atoms with E-state index in [1.165, 1.54) is 6.07 Å². The normalized spacial score (nSPS) is 16.0. The molecule has 3 rings (SSSR count). The lowest BCUT2D eigenvalue weighted by Crippen LogP contribution is -2.45. The maximum Gasteiger partial charge on any atom is 0.338 e. The molecule has 0 saturated carbocycles. The number of aromatic hydroxyl groups is 1. The average molecular weight is 397 g/mol. The maximum atomic E-state index is 12.7. The van der Waals surface area contributed by atoms with Crippen LogP contribution in [0.5, 0.6) is 5.75 Å². The van der Waals surface area contributed by atoms with Gasteiger partial charge in [0.1, 0.15) is 0 Å². The standard InChI is InChI=1S/C20H19N3O6/c1-12-17(19(25)29-10-9-13-5-3-2-4-6-13)18(22-20(26)21-12)14-7-8-16(24)15(11-14)23(27)28/h2-8,11,18,24H,9-10H2,1H3,(H2,21,22,26). The molecule has 2 aromatic carbocycles. The van der Waals surface area contributed by atoms with E-state index in [0.29, 0.717) is 12.1 Å². The van der Waals surface area contributed by atoms with Crippen LogP contribution in [0.4, 0.5) is 10.5 Å². The Balaban J connectivity index is 1.83. The first-order valence-corrected chi connectivity index (χ1v) is 8.83. The highest BCUT2D eigenvalue weighted by atomic mass is 16.6. The van der Waals surface area contributed by atoms with Crippen molar-refractivity contribution in [2.24, 2.45) is 0 Å². The van der Waals surface area contributed by atoms with Crippen LogP contribution >= 0.6 is 0 Å². The molecule has 0 fully saturated rings. The number of phenolic OH excluding ortho intramolecular Hbond substituents is 1. The van der Waals surface area contributed by atoms with Gasteiger partial charge >= 0.3 is 17.7 Å². The molecule has 0 aromatic heterocycles. The largest absolute Gasteiger partial charge is 0.502 e. The van der Waals surface area contributed by atoms with E-state index in [9.17, 15) is 24.8 Å². The molecule has 1 heterocycles. The Morgan fingerprint density at radius 3 is 2.66 bits per heavy atom. The van der Waals surface area contributed by atoms with Gasteiger partial charge in [-0.3, -0.25) is 10.1 Å². The van der Waals surface area contributed by atoms with E-state index in [1.807, 2.05) is 30.3 Å². The molecule has 9 heteroatoms. The summed E-state index contributed by atoms with van der Waals surface area (Å²) < 4.78 is 5.37. The Hall–Kier alpha value is -3.88. The van der Waals surface area contributed by atoms with Crippen LogP contribution in [0.25, 0.3) is 0 Å². The minimum Gasteiger partial charge on any atom is -0.502 e. The van der Waals surface area contributed by atoms with Crippen molar-refractivity contribution in [2.75, 3.05) is 6.61 Å². The van der Waals surface area contributed by atoms with Crippen molar-refractivity contribution in [2.45, 2.75) is 19.4 Å². The number of hydrogen-bond acceptors (Lipinski definition) is 6. The molecular weight excluding hydrogens is 378 g/mol. The fourth-order valence-corrected chi connectivity index (χ4v) is 3.06. The van der Waals surface area contributed by atoms with E-state index in [2.05, 4.69) is 10.6 Å². The Bertz CT molecular complexity index is 987. The van der Waals surface area contributed by atoms with Gasteiger partial charge in [-0.25, -0.2) is 9.59 Å². The monoisotopic (exact) mass is 397 g/mol. The summed E-state index contributed by atoms with van der Waals surface area (Å²) in [5, 5.41) is 25.9. The Kier molecular flexibility index (Phi) is 5.77.